The summed E-state index contributed by atoms with van der Waals surface area (Å²) in [6.07, 6.45) is 1.72. The highest BCUT2D eigenvalue weighted by molar-refractivity contribution is 7.15. The Bertz CT molecular complexity index is 811. The molecule has 2 heterocycles. The summed E-state index contributed by atoms with van der Waals surface area (Å²) in [7, 11) is 0. The van der Waals surface area contributed by atoms with Gasteiger partial charge in [0.05, 0.1) is 12.3 Å². The Morgan fingerprint density at radius 2 is 2.13 bits per heavy atom. The van der Waals surface area contributed by atoms with E-state index in [1.807, 2.05) is 44.2 Å². The number of ether oxygens (including phenoxy) is 1. The minimum atomic E-state index is -0.310. The molecule has 0 aliphatic heterocycles. The van der Waals surface area contributed by atoms with Gasteiger partial charge in [-0.05, 0) is 26.0 Å². The van der Waals surface area contributed by atoms with E-state index < -0.39 is 0 Å². The molecule has 6 nitrogen and oxygen atoms in total. The Hall–Kier alpha value is -2.67. The molecule has 1 aromatic carbocycles. The van der Waals surface area contributed by atoms with Gasteiger partial charge in [-0.2, -0.15) is 5.10 Å². The fourth-order valence-corrected chi connectivity index (χ4v) is 2.71. The second kappa shape index (κ2) is 6.62. The minimum Gasteiger partial charge on any atom is -0.478 e. The number of carbonyl (C=O) groups excluding carboxylic acids is 1. The Labute approximate surface area is 137 Å². The van der Waals surface area contributed by atoms with Crippen LogP contribution in [0.1, 0.15) is 22.3 Å². The quantitative estimate of drug-likeness (QED) is 0.780. The Kier molecular flexibility index (Phi) is 4.38. The Balaban J connectivity index is 1.89. The molecule has 0 aliphatic carbocycles. The van der Waals surface area contributed by atoms with Crippen molar-refractivity contribution in [3.63, 3.8) is 0 Å². The number of aryl methyl sites for hydroxylation is 1. The molecule has 23 heavy (non-hydrogen) atoms. The van der Waals surface area contributed by atoms with Crippen LogP contribution in [0, 0.1) is 6.92 Å². The molecule has 0 saturated carbocycles. The summed E-state index contributed by atoms with van der Waals surface area (Å²) in [6.45, 7) is 4.32. The number of hydrogen-bond acceptors (Lipinski definition) is 5. The summed E-state index contributed by atoms with van der Waals surface area (Å²) in [6, 6.07) is 11.2. The number of hydrogen-bond donors (Lipinski definition) is 1. The summed E-state index contributed by atoms with van der Waals surface area (Å²) in [5.74, 6) is 0.217. The van der Waals surface area contributed by atoms with Crippen LogP contribution in [0.2, 0.25) is 0 Å². The first-order chi connectivity index (χ1) is 11.2. The average molecular weight is 328 g/mol. The molecular weight excluding hydrogens is 312 g/mol. The number of nitrogens with zero attached hydrogens (tertiary/aromatic N) is 3. The highest BCUT2D eigenvalue weighted by atomic mass is 32.1. The van der Waals surface area contributed by atoms with E-state index in [0.717, 1.165) is 10.6 Å². The number of thiazole rings is 1. The number of carbonyl (C=O) groups is 1. The highest BCUT2D eigenvalue weighted by Crippen LogP contribution is 2.21. The molecule has 2 aromatic heterocycles. The van der Waals surface area contributed by atoms with Crippen LogP contribution < -0.4 is 10.1 Å². The molecule has 3 aromatic rings. The van der Waals surface area contributed by atoms with Crippen LogP contribution in [0.5, 0.6) is 5.88 Å². The molecule has 118 valence electrons. The number of amides is 1. The van der Waals surface area contributed by atoms with E-state index in [1.165, 1.54) is 11.3 Å². The minimum absolute atomic E-state index is 0.283. The van der Waals surface area contributed by atoms with Crippen molar-refractivity contribution in [2.45, 2.75) is 13.8 Å². The van der Waals surface area contributed by atoms with Crippen molar-refractivity contribution >= 4 is 22.4 Å². The van der Waals surface area contributed by atoms with Crippen LogP contribution in [-0.4, -0.2) is 27.3 Å². The standard InChI is InChI=1S/C16H16N4O2S/c1-3-22-14-9-13(15(21)18-16-17-10-11(2)23-16)19-20(14)12-7-5-4-6-8-12/h4-10H,3H2,1-2H3,(H,17,18,21). The molecule has 1 amide bonds. The first kappa shape index (κ1) is 15.2. The third-order valence-corrected chi connectivity index (χ3v) is 3.87. The van der Waals surface area contributed by atoms with Crippen LogP contribution in [0.15, 0.2) is 42.6 Å². The van der Waals surface area contributed by atoms with Gasteiger partial charge in [-0.15, -0.1) is 11.3 Å². The molecular formula is C16H16N4O2S. The second-order valence-electron chi connectivity index (χ2n) is 4.78. The van der Waals surface area contributed by atoms with Crippen LogP contribution in [0.25, 0.3) is 5.69 Å². The van der Waals surface area contributed by atoms with Gasteiger partial charge in [-0.25, -0.2) is 9.67 Å². The Morgan fingerprint density at radius 3 is 2.78 bits per heavy atom. The number of para-hydroxylation sites is 1. The lowest BCUT2D eigenvalue weighted by atomic mass is 10.3. The number of nitrogens with one attached hydrogen (secondary N) is 1. The van der Waals surface area contributed by atoms with Gasteiger partial charge in [0.2, 0.25) is 5.88 Å². The van der Waals surface area contributed by atoms with Crippen LogP contribution >= 0.6 is 11.3 Å². The number of rotatable bonds is 5. The number of aromatic nitrogens is 3. The normalized spacial score (nSPS) is 10.5. The van der Waals surface area contributed by atoms with Gasteiger partial charge in [0.1, 0.15) is 0 Å². The van der Waals surface area contributed by atoms with E-state index in [4.69, 9.17) is 4.74 Å². The first-order valence-electron chi connectivity index (χ1n) is 7.19. The van der Waals surface area contributed by atoms with E-state index in [9.17, 15) is 4.79 Å². The predicted octanol–water partition coefficient (Wildman–Crippen LogP) is 3.29. The molecule has 0 fully saturated rings. The van der Waals surface area contributed by atoms with Gasteiger partial charge in [-0.3, -0.25) is 10.1 Å². The maximum absolute atomic E-state index is 12.3. The van der Waals surface area contributed by atoms with Crippen LogP contribution in [-0.2, 0) is 0 Å². The fourth-order valence-electron chi connectivity index (χ4n) is 2.05. The number of anilines is 1. The molecule has 0 bridgehead atoms. The Morgan fingerprint density at radius 1 is 1.35 bits per heavy atom. The SMILES string of the molecule is CCOc1cc(C(=O)Nc2ncc(C)s2)nn1-c1ccccc1. The van der Waals surface area contributed by atoms with E-state index in [2.05, 4.69) is 15.4 Å². The zero-order valence-electron chi connectivity index (χ0n) is 12.8. The predicted molar refractivity (Wildman–Crippen MR) is 89.5 cm³/mol. The van der Waals surface area contributed by atoms with Gasteiger partial charge in [0.15, 0.2) is 10.8 Å². The summed E-state index contributed by atoms with van der Waals surface area (Å²) < 4.78 is 7.20. The van der Waals surface area contributed by atoms with Crippen molar-refractivity contribution in [2.75, 3.05) is 11.9 Å². The van der Waals surface area contributed by atoms with Gasteiger partial charge in [0, 0.05) is 17.1 Å². The lowest BCUT2D eigenvalue weighted by Crippen LogP contribution is -2.13. The maximum atomic E-state index is 12.3. The van der Waals surface area contributed by atoms with Crippen molar-refractivity contribution < 1.29 is 9.53 Å². The average Bonchev–Trinajstić information content (AvgIpc) is 3.15. The molecule has 0 unspecified atom stereocenters. The molecule has 7 heteroatoms. The smallest absolute Gasteiger partial charge is 0.278 e. The summed E-state index contributed by atoms with van der Waals surface area (Å²) in [5, 5.41) is 7.66. The zero-order chi connectivity index (χ0) is 16.2. The summed E-state index contributed by atoms with van der Waals surface area (Å²) in [5.41, 5.74) is 1.12. The molecule has 1 N–H and O–H groups in total. The third-order valence-electron chi connectivity index (χ3n) is 3.04. The van der Waals surface area contributed by atoms with Gasteiger partial charge in [0.25, 0.3) is 5.91 Å². The van der Waals surface area contributed by atoms with Crippen molar-refractivity contribution in [3.05, 3.63) is 53.2 Å². The van der Waals surface area contributed by atoms with E-state index >= 15 is 0 Å². The molecule has 3 rings (SSSR count). The third kappa shape index (κ3) is 3.40. The van der Waals surface area contributed by atoms with Crippen molar-refractivity contribution in [1.29, 1.82) is 0 Å². The molecule has 0 radical (unpaired) electrons. The maximum Gasteiger partial charge on any atom is 0.278 e. The van der Waals surface area contributed by atoms with E-state index in [0.29, 0.717) is 17.6 Å². The first-order valence-corrected chi connectivity index (χ1v) is 8.01. The van der Waals surface area contributed by atoms with Crippen molar-refractivity contribution in [3.8, 4) is 11.6 Å². The van der Waals surface area contributed by atoms with Gasteiger partial charge < -0.3 is 4.74 Å². The van der Waals surface area contributed by atoms with Gasteiger partial charge in [-0.1, -0.05) is 18.2 Å². The van der Waals surface area contributed by atoms with Crippen molar-refractivity contribution in [2.24, 2.45) is 0 Å². The van der Waals surface area contributed by atoms with Crippen LogP contribution in [0.4, 0.5) is 5.13 Å². The summed E-state index contributed by atoms with van der Waals surface area (Å²) >= 11 is 1.42. The van der Waals surface area contributed by atoms with E-state index in [1.54, 1.807) is 16.9 Å². The summed E-state index contributed by atoms with van der Waals surface area (Å²) in [4.78, 5) is 17.5. The van der Waals surface area contributed by atoms with E-state index in [-0.39, 0.29) is 11.6 Å². The lowest BCUT2D eigenvalue weighted by Gasteiger charge is -2.06. The number of benzene rings is 1. The monoisotopic (exact) mass is 328 g/mol. The van der Waals surface area contributed by atoms with Crippen molar-refractivity contribution in [1.82, 2.24) is 14.8 Å². The zero-order valence-corrected chi connectivity index (χ0v) is 13.6. The fraction of sp³-hybridized carbons (Fsp3) is 0.188. The van der Waals surface area contributed by atoms with Gasteiger partial charge >= 0.3 is 0 Å². The molecule has 0 atom stereocenters. The van der Waals surface area contributed by atoms with Crippen LogP contribution in [0.3, 0.4) is 0 Å². The molecule has 0 saturated heterocycles. The topological polar surface area (TPSA) is 69.0 Å². The second-order valence-corrected chi connectivity index (χ2v) is 6.01. The molecule has 0 aliphatic rings. The lowest BCUT2D eigenvalue weighted by molar-refractivity contribution is 0.102. The highest BCUT2D eigenvalue weighted by Gasteiger charge is 2.17. The molecule has 0 spiro atoms. The largest absolute Gasteiger partial charge is 0.478 e.